The maximum Gasteiger partial charge on any atom is 0.260 e. The highest BCUT2D eigenvalue weighted by atomic mass is 16.5. The van der Waals surface area contributed by atoms with Crippen LogP contribution in [0.1, 0.15) is 32.3 Å². The number of rotatable bonds is 7. The van der Waals surface area contributed by atoms with Crippen molar-refractivity contribution in [2.75, 3.05) is 26.2 Å². The van der Waals surface area contributed by atoms with Crippen molar-refractivity contribution in [1.82, 2.24) is 10.2 Å². The SMILES string of the molecule is CCNC(C)Cc1ccc(OCC(=O)N2CCCC2)cc1. The highest BCUT2D eigenvalue weighted by Gasteiger charge is 2.17. The van der Waals surface area contributed by atoms with Gasteiger partial charge in [0.25, 0.3) is 5.91 Å². The smallest absolute Gasteiger partial charge is 0.260 e. The summed E-state index contributed by atoms with van der Waals surface area (Å²) in [5.74, 6) is 0.861. The van der Waals surface area contributed by atoms with Crippen molar-refractivity contribution in [3.63, 3.8) is 0 Å². The summed E-state index contributed by atoms with van der Waals surface area (Å²) in [6.45, 7) is 7.19. The number of benzene rings is 1. The normalized spacial score (nSPS) is 16.0. The Morgan fingerprint density at radius 3 is 2.57 bits per heavy atom. The van der Waals surface area contributed by atoms with Crippen LogP contribution in [0.15, 0.2) is 24.3 Å². The van der Waals surface area contributed by atoms with Crippen molar-refractivity contribution < 1.29 is 9.53 Å². The molecule has 1 aromatic rings. The molecule has 0 spiro atoms. The molecule has 1 aliphatic rings. The first-order chi connectivity index (χ1) is 10.2. The summed E-state index contributed by atoms with van der Waals surface area (Å²) in [5.41, 5.74) is 1.28. The summed E-state index contributed by atoms with van der Waals surface area (Å²) in [5, 5.41) is 3.40. The molecular formula is C17H26N2O2. The van der Waals surface area contributed by atoms with E-state index in [4.69, 9.17) is 4.74 Å². The third-order valence-corrected chi connectivity index (χ3v) is 3.84. The molecule has 4 heteroatoms. The topological polar surface area (TPSA) is 41.6 Å². The second-order valence-corrected chi connectivity index (χ2v) is 5.68. The standard InChI is InChI=1S/C17H26N2O2/c1-3-18-14(2)12-15-6-8-16(9-7-15)21-13-17(20)19-10-4-5-11-19/h6-9,14,18H,3-5,10-13H2,1-2H3. The van der Waals surface area contributed by atoms with Crippen LogP contribution in [0.25, 0.3) is 0 Å². The number of nitrogens with zero attached hydrogens (tertiary/aromatic N) is 1. The van der Waals surface area contributed by atoms with Crippen molar-refractivity contribution >= 4 is 5.91 Å². The highest BCUT2D eigenvalue weighted by molar-refractivity contribution is 5.78. The minimum absolute atomic E-state index is 0.0948. The molecule has 1 unspecified atom stereocenters. The molecule has 1 aromatic carbocycles. The van der Waals surface area contributed by atoms with Crippen LogP contribution in [-0.4, -0.2) is 43.1 Å². The van der Waals surface area contributed by atoms with Gasteiger partial charge in [-0.05, 0) is 50.4 Å². The lowest BCUT2D eigenvalue weighted by Gasteiger charge is -2.16. The minimum Gasteiger partial charge on any atom is -0.484 e. The first-order valence-corrected chi connectivity index (χ1v) is 7.92. The molecule has 1 saturated heterocycles. The van der Waals surface area contributed by atoms with Gasteiger partial charge in [-0.15, -0.1) is 0 Å². The van der Waals surface area contributed by atoms with Gasteiger partial charge in [-0.3, -0.25) is 4.79 Å². The molecule has 1 amide bonds. The maximum atomic E-state index is 11.9. The monoisotopic (exact) mass is 290 g/mol. The van der Waals surface area contributed by atoms with Gasteiger partial charge in [0.05, 0.1) is 0 Å². The summed E-state index contributed by atoms with van der Waals surface area (Å²) < 4.78 is 5.58. The molecule has 0 aliphatic carbocycles. The Labute approximate surface area is 127 Å². The van der Waals surface area contributed by atoms with E-state index in [1.165, 1.54) is 5.56 Å². The van der Waals surface area contributed by atoms with Crippen LogP contribution in [0.2, 0.25) is 0 Å². The van der Waals surface area contributed by atoms with Crippen LogP contribution < -0.4 is 10.1 Å². The van der Waals surface area contributed by atoms with Gasteiger partial charge in [0.2, 0.25) is 0 Å². The lowest BCUT2D eigenvalue weighted by atomic mass is 10.1. The van der Waals surface area contributed by atoms with Gasteiger partial charge in [0, 0.05) is 19.1 Å². The van der Waals surface area contributed by atoms with Crippen molar-refractivity contribution in [2.24, 2.45) is 0 Å². The van der Waals surface area contributed by atoms with Crippen LogP contribution in [0.3, 0.4) is 0 Å². The van der Waals surface area contributed by atoms with Gasteiger partial charge in [-0.2, -0.15) is 0 Å². The summed E-state index contributed by atoms with van der Waals surface area (Å²) in [6, 6.07) is 8.52. The van der Waals surface area contributed by atoms with Gasteiger partial charge < -0.3 is 15.0 Å². The van der Waals surface area contributed by atoms with E-state index in [2.05, 4.69) is 31.3 Å². The number of carbonyl (C=O) groups excluding carboxylic acids is 1. The van der Waals surface area contributed by atoms with Crippen LogP contribution in [-0.2, 0) is 11.2 Å². The van der Waals surface area contributed by atoms with Crippen molar-refractivity contribution in [2.45, 2.75) is 39.2 Å². The number of likely N-dealkylation sites (N-methyl/N-ethyl adjacent to an activating group) is 1. The number of nitrogens with one attached hydrogen (secondary N) is 1. The fourth-order valence-corrected chi connectivity index (χ4v) is 2.70. The van der Waals surface area contributed by atoms with E-state index in [1.807, 2.05) is 17.0 Å². The second-order valence-electron chi connectivity index (χ2n) is 5.68. The highest BCUT2D eigenvalue weighted by Crippen LogP contribution is 2.14. The largest absolute Gasteiger partial charge is 0.484 e. The van der Waals surface area contributed by atoms with Crippen molar-refractivity contribution in [3.05, 3.63) is 29.8 Å². The minimum atomic E-state index is 0.0948. The van der Waals surface area contributed by atoms with E-state index in [-0.39, 0.29) is 12.5 Å². The quantitative estimate of drug-likeness (QED) is 0.837. The molecule has 21 heavy (non-hydrogen) atoms. The lowest BCUT2D eigenvalue weighted by molar-refractivity contribution is -0.132. The Morgan fingerprint density at radius 1 is 1.29 bits per heavy atom. The Balaban J connectivity index is 1.77. The zero-order chi connectivity index (χ0) is 15.1. The molecule has 0 radical (unpaired) electrons. The predicted molar refractivity (Wildman–Crippen MR) is 84.6 cm³/mol. The van der Waals surface area contributed by atoms with Crippen LogP contribution in [0.5, 0.6) is 5.75 Å². The summed E-state index contributed by atoms with van der Waals surface area (Å²) >= 11 is 0. The van der Waals surface area contributed by atoms with E-state index in [9.17, 15) is 4.79 Å². The molecule has 0 saturated carbocycles. The van der Waals surface area contributed by atoms with Gasteiger partial charge in [0.1, 0.15) is 5.75 Å². The summed E-state index contributed by atoms with van der Waals surface area (Å²) in [6.07, 6.45) is 3.23. The molecule has 1 heterocycles. The third-order valence-electron chi connectivity index (χ3n) is 3.84. The molecule has 1 fully saturated rings. The van der Waals surface area contributed by atoms with Gasteiger partial charge in [0.15, 0.2) is 6.61 Å². The van der Waals surface area contributed by atoms with Crippen LogP contribution >= 0.6 is 0 Å². The molecule has 2 rings (SSSR count). The first-order valence-electron chi connectivity index (χ1n) is 7.92. The Kier molecular flexibility index (Phi) is 6.05. The molecule has 1 N–H and O–H groups in total. The van der Waals surface area contributed by atoms with E-state index in [0.717, 1.165) is 44.6 Å². The number of carbonyl (C=O) groups is 1. The Morgan fingerprint density at radius 2 is 1.95 bits per heavy atom. The van der Waals surface area contributed by atoms with Gasteiger partial charge >= 0.3 is 0 Å². The molecule has 4 nitrogen and oxygen atoms in total. The van der Waals surface area contributed by atoms with Crippen LogP contribution in [0, 0.1) is 0 Å². The molecule has 116 valence electrons. The zero-order valence-corrected chi connectivity index (χ0v) is 13.1. The fourth-order valence-electron chi connectivity index (χ4n) is 2.70. The average Bonchev–Trinajstić information content (AvgIpc) is 3.01. The first kappa shape index (κ1) is 15.8. The van der Waals surface area contributed by atoms with E-state index >= 15 is 0 Å². The lowest BCUT2D eigenvalue weighted by Crippen LogP contribution is -2.32. The number of hydrogen-bond acceptors (Lipinski definition) is 3. The average molecular weight is 290 g/mol. The van der Waals surface area contributed by atoms with Gasteiger partial charge in [-0.1, -0.05) is 19.1 Å². The third kappa shape index (κ3) is 5.05. The Bertz CT molecular complexity index is 439. The second kappa shape index (κ2) is 8.03. The number of ether oxygens (including phenoxy) is 1. The number of amides is 1. The van der Waals surface area contributed by atoms with E-state index in [1.54, 1.807) is 0 Å². The molecular weight excluding hydrogens is 264 g/mol. The van der Waals surface area contributed by atoms with Gasteiger partial charge in [-0.25, -0.2) is 0 Å². The molecule has 0 bridgehead atoms. The summed E-state index contributed by atoms with van der Waals surface area (Å²) in [4.78, 5) is 13.8. The Hall–Kier alpha value is -1.55. The molecule has 1 aliphatic heterocycles. The zero-order valence-electron chi connectivity index (χ0n) is 13.1. The molecule has 1 atom stereocenters. The number of hydrogen-bond donors (Lipinski definition) is 1. The molecule has 0 aromatic heterocycles. The van der Waals surface area contributed by atoms with Crippen molar-refractivity contribution in [1.29, 1.82) is 0 Å². The van der Waals surface area contributed by atoms with E-state index in [0.29, 0.717) is 6.04 Å². The van der Waals surface area contributed by atoms with Crippen molar-refractivity contribution in [3.8, 4) is 5.75 Å². The summed E-state index contributed by atoms with van der Waals surface area (Å²) in [7, 11) is 0. The van der Waals surface area contributed by atoms with E-state index < -0.39 is 0 Å². The number of likely N-dealkylation sites (tertiary alicyclic amines) is 1. The fraction of sp³-hybridized carbons (Fsp3) is 0.588. The maximum absolute atomic E-state index is 11.9. The van der Waals surface area contributed by atoms with Crippen LogP contribution in [0.4, 0.5) is 0 Å². The predicted octanol–water partition coefficient (Wildman–Crippen LogP) is 2.23.